The third-order valence-corrected chi connectivity index (χ3v) is 3.68. The fourth-order valence-corrected chi connectivity index (χ4v) is 2.56. The molecule has 108 valence electrons. The van der Waals surface area contributed by atoms with Crippen LogP contribution >= 0.6 is 0 Å². The van der Waals surface area contributed by atoms with Crippen molar-refractivity contribution in [3.63, 3.8) is 0 Å². The van der Waals surface area contributed by atoms with Gasteiger partial charge in [0.2, 0.25) is 0 Å². The predicted molar refractivity (Wildman–Crippen MR) is 78.5 cm³/mol. The third-order valence-electron chi connectivity index (χ3n) is 3.68. The predicted octanol–water partition coefficient (Wildman–Crippen LogP) is 2.77. The zero-order valence-electron chi connectivity index (χ0n) is 11.7. The standard InChI is InChI=1S/C17H17NO3/c19-14-7-4-8-15-13(14)11-16(21-15)17(20)18-10-9-12-5-2-1-3-6-12/h1-3,5-6,11H,4,7-10H2,(H,18,20). The van der Waals surface area contributed by atoms with Gasteiger partial charge in [-0.25, -0.2) is 0 Å². The van der Waals surface area contributed by atoms with Crippen molar-refractivity contribution in [3.05, 3.63) is 59.0 Å². The molecule has 4 heteroatoms. The van der Waals surface area contributed by atoms with Crippen LogP contribution in [-0.2, 0) is 12.8 Å². The van der Waals surface area contributed by atoms with Crippen molar-refractivity contribution in [3.8, 4) is 0 Å². The van der Waals surface area contributed by atoms with Crippen molar-refractivity contribution in [1.82, 2.24) is 5.32 Å². The Morgan fingerprint density at radius 3 is 2.76 bits per heavy atom. The molecule has 1 N–H and O–H groups in total. The van der Waals surface area contributed by atoms with Crippen LogP contribution in [0.1, 0.15) is 45.1 Å². The first kappa shape index (κ1) is 13.6. The molecular weight excluding hydrogens is 266 g/mol. The largest absolute Gasteiger partial charge is 0.455 e. The maximum absolute atomic E-state index is 12.0. The summed E-state index contributed by atoms with van der Waals surface area (Å²) in [7, 11) is 0. The average Bonchev–Trinajstić information content (AvgIpc) is 2.94. The summed E-state index contributed by atoms with van der Waals surface area (Å²) in [5.41, 5.74) is 1.75. The molecule has 0 fully saturated rings. The van der Waals surface area contributed by atoms with Crippen molar-refractivity contribution >= 4 is 11.7 Å². The fraction of sp³-hybridized carbons (Fsp3) is 0.294. The molecule has 1 amide bonds. The number of carbonyl (C=O) groups is 2. The van der Waals surface area contributed by atoms with Gasteiger partial charge in [0.05, 0.1) is 5.56 Å². The summed E-state index contributed by atoms with van der Waals surface area (Å²) in [6.45, 7) is 0.544. The third kappa shape index (κ3) is 3.05. The van der Waals surface area contributed by atoms with E-state index >= 15 is 0 Å². The van der Waals surface area contributed by atoms with Gasteiger partial charge in [0.15, 0.2) is 11.5 Å². The van der Waals surface area contributed by atoms with Crippen LogP contribution < -0.4 is 5.32 Å². The second-order valence-corrected chi connectivity index (χ2v) is 5.22. The second kappa shape index (κ2) is 5.95. The summed E-state index contributed by atoms with van der Waals surface area (Å²) >= 11 is 0. The van der Waals surface area contributed by atoms with E-state index in [0.29, 0.717) is 24.3 Å². The Bertz CT molecular complexity index is 658. The number of hydrogen-bond acceptors (Lipinski definition) is 3. The first-order chi connectivity index (χ1) is 10.2. The van der Waals surface area contributed by atoms with Crippen LogP contribution in [0.25, 0.3) is 0 Å². The van der Waals surface area contributed by atoms with Crippen molar-refractivity contribution in [2.24, 2.45) is 0 Å². The maximum Gasteiger partial charge on any atom is 0.287 e. The molecule has 0 aliphatic heterocycles. The van der Waals surface area contributed by atoms with Gasteiger partial charge in [0.25, 0.3) is 5.91 Å². The molecular formula is C17H17NO3. The van der Waals surface area contributed by atoms with Crippen LogP contribution in [0.4, 0.5) is 0 Å². The van der Waals surface area contributed by atoms with Crippen LogP contribution in [0.5, 0.6) is 0 Å². The Morgan fingerprint density at radius 2 is 2.00 bits per heavy atom. The molecule has 0 unspecified atom stereocenters. The van der Waals surface area contributed by atoms with E-state index in [0.717, 1.165) is 19.3 Å². The minimum atomic E-state index is -0.256. The Kier molecular flexibility index (Phi) is 3.86. The molecule has 21 heavy (non-hydrogen) atoms. The monoisotopic (exact) mass is 283 g/mol. The summed E-state index contributed by atoms with van der Waals surface area (Å²) in [6.07, 6.45) is 2.85. The number of ketones is 1. The van der Waals surface area contributed by atoms with E-state index in [1.807, 2.05) is 30.3 Å². The number of rotatable bonds is 4. The van der Waals surface area contributed by atoms with Crippen LogP contribution in [0.2, 0.25) is 0 Å². The molecule has 0 atom stereocenters. The molecule has 0 spiro atoms. The second-order valence-electron chi connectivity index (χ2n) is 5.22. The summed E-state index contributed by atoms with van der Waals surface area (Å²) in [5.74, 6) is 0.708. The molecule has 1 aliphatic rings. The van der Waals surface area contributed by atoms with E-state index in [4.69, 9.17) is 4.42 Å². The molecule has 0 radical (unpaired) electrons. The average molecular weight is 283 g/mol. The van der Waals surface area contributed by atoms with Gasteiger partial charge in [-0.05, 0) is 18.4 Å². The van der Waals surface area contributed by atoms with Gasteiger partial charge in [-0.15, -0.1) is 0 Å². The summed E-state index contributed by atoms with van der Waals surface area (Å²) in [5, 5.41) is 2.83. The van der Waals surface area contributed by atoms with E-state index in [9.17, 15) is 9.59 Å². The minimum Gasteiger partial charge on any atom is -0.455 e. The molecule has 1 aromatic carbocycles. The highest BCUT2D eigenvalue weighted by atomic mass is 16.4. The molecule has 4 nitrogen and oxygen atoms in total. The number of aryl methyl sites for hydroxylation is 1. The number of furan rings is 1. The van der Waals surface area contributed by atoms with E-state index in [1.54, 1.807) is 6.07 Å². The van der Waals surface area contributed by atoms with E-state index in [1.165, 1.54) is 5.56 Å². The number of fused-ring (bicyclic) bond motifs is 1. The molecule has 1 heterocycles. The van der Waals surface area contributed by atoms with Crippen molar-refractivity contribution in [1.29, 1.82) is 0 Å². The van der Waals surface area contributed by atoms with Crippen molar-refractivity contribution < 1.29 is 14.0 Å². The molecule has 2 aromatic rings. The van der Waals surface area contributed by atoms with Gasteiger partial charge in [0.1, 0.15) is 5.76 Å². The summed E-state index contributed by atoms with van der Waals surface area (Å²) < 4.78 is 5.51. The number of Topliss-reactive ketones (excluding diaryl/α,β-unsaturated/α-hetero) is 1. The number of nitrogens with one attached hydrogen (secondary N) is 1. The topological polar surface area (TPSA) is 59.3 Å². The van der Waals surface area contributed by atoms with Gasteiger partial charge in [-0.2, -0.15) is 0 Å². The SMILES string of the molecule is O=C(NCCc1ccccc1)c1cc2c(o1)CCCC2=O. The number of carbonyl (C=O) groups excluding carboxylic acids is 2. The quantitative estimate of drug-likeness (QED) is 0.938. The van der Waals surface area contributed by atoms with Gasteiger partial charge in [-0.3, -0.25) is 9.59 Å². The Labute approximate surface area is 123 Å². The number of benzene rings is 1. The zero-order valence-corrected chi connectivity index (χ0v) is 11.7. The molecule has 1 aliphatic carbocycles. The molecule has 0 saturated carbocycles. The number of hydrogen-bond donors (Lipinski definition) is 1. The Balaban J connectivity index is 1.60. The first-order valence-electron chi connectivity index (χ1n) is 7.22. The molecule has 1 aromatic heterocycles. The van der Waals surface area contributed by atoms with Crippen LogP contribution in [0, 0.1) is 0 Å². The highest BCUT2D eigenvalue weighted by Gasteiger charge is 2.24. The summed E-state index contributed by atoms with van der Waals surface area (Å²) in [4.78, 5) is 23.8. The highest BCUT2D eigenvalue weighted by Crippen LogP contribution is 2.24. The molecule has 3 rings (SSSR count). The zero-order chi connectivity index (χ0) is 14.7. The van der Waals surface area contributed by atoms with E-state index in [2.05, 4.69) is 5.32 Å². The molecule has 0 saturated heterocycles. The Hall–Kier alpha value is -2.36. The summed E-state index contributed by atoms with van der Waals surface area (Å²) in [6, 6.07) is 11.5. The number of amides is 1. The van der Waals surface area contributed by atoms with Crippen molar-refractivity contribution in [2.45, 2.75) is 25.7 Å². The van der Waals surface area contributed by atoms with E-state index < -0.39 is 0 Å². The lowest BCUT2D eigenvalue weighted by Gasteiger charge is -2.06. The van der Waals surface area contributed by atoms with Crippen molar-refractivity contribution in [2.75, 3.05) is 6.54 Å². The minimum absolute atomic E-state index is 0.0725. The maximum atomic E-state index is 12.0. The fourth-order valence-electron chi connectivity index (χ4n) is 2.56. The van der Waals surface area contributed by atoms with Crippen LogP contribution in [0.3, 0.4) is 0 Å². The normalized spacial score (nSPS) is 13.8. The van der Waals surface area contributed by atoms with E-state index in [-0.39, 0.29) is 17.5 Å². The van der Waals surface area contributed by atoms with Crippen LogP contribution in [0.15, 0.2) is 40.8 Å². The highest BCUT2D eigenvalue weighted by molar-refractivity contribution is 6.01. The van der Waals surface area contributed by atoms with Gasteiger partial charge in [0, 0.05) is 25.5 Å². The van der Waals surface area contributed by atoms with Gasteiger partial charge >= 0.3 is 0 Å². The lowest BCUT2D eigenvalue weighted by Crippen LogP contribution is -2.25. The lowest BCUT2D eigenvalue weighted by atomic mass is 9.97. The van der Waals surface area contributed by atoms with Gasteiger partial charge in [-0.1, -0.05) is 30.3 Å². The van der Waals surface area contributed by atoms with Gasteiger partial charge < -0.3 is 9.73 Å². The lowest BCUT2D eigenvalue weighted by molar-refractivity contribution is 0.0920. The van der Waals surface area contributed by atoms with Crippen LogP contribution in [-0.4, -0.2) is 18.2 Å². The molecule has 0 bridgehead atoms. The Morgan fingerprint density at radius 1 is 1.19 bits per heavy atom. The smallest absolute Gasteiger partial charge is 0.287 e. The first-order valence-corrected chi connectivity index (χ1v) is 7.22.